The molecule has 170 valence electrons. The van der Waals surface area contributed by atoms with Gasteiger partial charge in [-0.3, -0.25) is 9.59 Å². The summed E-state index contributed by atoms with van der Waals surface area (Å²) in [5.74, 6) is -0.614. The summed E-state index contributed by atoms with van der Waals surface area (Å²) in [5.41, 5.74) is 6.23. The Bertz CT molecular complexity index is 1050. The Labute approximate surface area is 190 Å². The Kier molecular flexibility index (Phi) is 7.48. The summed E-state index contributed by atoms with van der Waals surface area (Å²) in [5, 5.41) is 0. The third kappa shape index (κ3) is 4.47. The molecule has 2 aromatic rings. The van der Waals surface area contributed by atoms with Crippen molar-refractivity contribution in [2.24, 2.45) is 0 Å². The lowest BCUT2D eigenvalue weighted by Gasteiger charge is -2.26. The van der Waals surface area contributed by atoms with Crippen molar-refractivity contribution >= 4 is 23.1 Å². The second-order valence-corrected chi connectivity index (χ2v) is 8.18. The molecule has 0 aromatic heterocycles. The maximum Gasteiger partial charge on any atom is 0.282 e. The molecule has 1 aliphatic heterocycles. The summed E-state index contributed by atoms with van der Waals surface area (Å²) in [6, 6.07) is 11.6. The average Bonchev–Trinajstić information content (AvgIpc) is 3.00. The maximum absolute atomic E-state index is 13.8. The van der Waals surface area contributed by atoms with Crippen LogP contribution >= 0.6 is 0 Å². The summed E-state index contributed by atoms with van der Waals surface area (Å²) in [6.07, 6.45) is 0. The van der Waals surface area contributed by atoms with E-state index in [1.165, 1.54) is 4.90 Å². The average molecular weight is 437 g/mol. The highest BCUT2D eigenvalue weighted by Gasteiger charge is 2.43. The third-order valence-electron chi connectivity index (χ3n) is 5.97. The molecule has 2 aromatic carbocycles. The number of ether oxygens (including phenoxy) is 2. The Morgan fingerprint density at radius 2 is 1.50 bits per heavy atom. The SMILES string of the molecule is COCCN(CCOC)C1=C(c2ccc(C)cc2C)C(=O)N(c2cccc(C)c2C)C1=O. The van der Waals surface area contributed by atoms with Crippen molar-refractivity contribution in [3.8, 4) is 0 Å². The minimum absolute atomic E-state index is 0.300. The number of imide groups is 1. The van der Waals surface area contributed by atoms with E-state index < -0.39 is 0 Å². The molecular formula is C26H32N2O4. The predicted octanol–water partition coefficient (Wildman–Crippen LogP) is 3.80. The zero-order valence-electron chi connectivity index (χ0n) is 19.8. The van der Waals surface area contributed by atoms with Gasteiger partial charge >= 0.3 is 0 Å². The molecule has 0 radical (unpaired) electrons. The van der Waals surface area contributed by atoms with E-state index in [1.807, 2.05) is 69.0 Å². The summed E-state index contributed by atoms with van der Waals surface area (Å²) >= 11 is 0. The van der Waals surface area contributed by atoms with Gasteiger partial charge in [0.2, 0.25) is 0 Å². The summed E-state index contributed by atoms with van der Waals surface area (Å²) < 4.78 is 10.6. The van der Waals surface area contributed by atoms with Crippen LogP contribution in [-0.4, -0.2) is 57.2 Å². The van der Waals surface area contributed by atoms with Crippen molar-refractivity contribution in [3.05, 3.63) is 69.9 Å². The molecule has 0 N–H and O–H groups in total. The van der Waals surface area contributed by atoms with Crippen LogP contribution < -0.4 is 4.90 Å². The first kappa shape index (κ1) is 23.7. The number of benzene rings is 2. The van der Waals surface area contributed by atoms with Gasteiger partial charge in [-0.05, 0) is 56.0 Å². The number of anilines is 1. The number of carbonyl (C=O) groups excluding carboxylic acids is 2. The molecule has 0 spiro atoms. The lowest BCUT2D eigenvalue weighted by molar-refractivity contribution is -0.120. The van der Waals surface area contributed by atoms with E-state index in [1.54, 1.807) is 14.2 Å². The molecule has 0 atom stereocenters. The van der Waals surface area contributed by atoms with Gasteiger partial charge in [-0.25, -0.2) is 4.90 Å². The van der Waals surface area contributed by atoms with Crippen molar-refractivity contribution < 1.29 is 19.1 Å². The number of methoxy groups -OCH3 is 2. The van der Waals surface area contributed by atoms with E-state index in [2.05, 4.69) is 0 Å². The van der Waals surface area contributed by atoms with Crippen molar-refractivity contribution in [2.75, 3.05) is 45.4 Å². The quantitative estimate of drug-likeness (QED) is 0.560. The zero-order chi connectivity index (χ0) is 23.4. The van der Waals surface area contributed by atoms with Gasteiger partial charge in [0, 0.05) is 27.3 Å². The molecule has 0 saturated carbocycles. The number of carbonyl (C=O) groups is 2. The summed E-state index contributed by atoms with van der Waals surface area (Å²) in [4.78, 5) is 30.9. The van der Waals surface area contributed by atoms with Gasteiger partial charge in [0.15, 0.2) is 0 Å². The van der Waals surface area contributed by atoms with Gasteiger partial charge in [-0.1, -0.05) is 35.9 Å². The van der Waals surface area contributed by atoms with Crippen LogP contribution in [0.15, 0.2) is 42.1 Å². The minimum atomic E-state index is -0.314. The van der Waals surface area contributed by atoms with Crippen molar-refractivity contribution in [2.45, 2.75) is 27.7 Å². The fourth-order valence-corrected chi connectivity index (χ4v) is 4.08. The molecule has 1 aliphatic rings. The first-order valence-corrected chi connectivity index (χ1v) is 10.8. The number of aryl methyl sites for hydroxylation is 3. The molecule has 6 heteroatoms. The van der Waals surface area contributed by atoms with Crippen LogP contribution in [0.25, 0.3) is 5.57 Å². The smallest absolute Gasteiger partial charge is 0.282 e. The Morgan fingerprint density at radius 3 is 2.09 bits per heavy atom. The molecule has 6 nitrogen and oxygen atoms in total. The Hall–Kier alpha value is -2.96. The Balaban J connectivity index is 2.21. The molecule has 0 bridgehead atoms. The van der Waals surface area contributed by atoms with Crippen LogP contribution in [0.5, 0.6) is 0 Å². The van der Waals surface area contributed by atoms with Crippen LogP contribution in [0.3, 0.4) is 0 Å². The van der Waals surface area contributed by atoms with Crippen molar-refractivity contribution in [3.63, 3.8) is 0 Å². The molecule has 32 heavy (non-hydrogen) atoms. The van der Waals surface area contributed by atoms with Crippen LogP contribution in [-0.2, 0) is 19.1 Å². The first-order chi connectivity index (χ1) is 15.3. The first-order valence-electron chi connectivity index (χ1n) is 10.8. The van der Waals surface area contributed by atoms with Crippen LogP contribution in [0.4, 0.5) is 5.69 Å². The Morgan fingerprint density at radius 1 is 0.844 bits per heavy atom. The van der Waals surface area contributed by atoms with Crippen molar-refractivity contribution in [1.29, 1.82) is 0 Å². The van der Waals surface area contributed by atoms with Gasteiger partial charge in [0.1, 0.15) is 5.70 Å². The molecular weight excluding hydrogens is 404 g/mol. The lowest BCUT2D eigenvalue weighted by Crippen LogP contribution is -2.38. The highest BCUT2D eigenvalue weighted by atomic mass is 16.5. The fraction of sp³-hybridized carbons (Fsp3) is 0.385. The topological polar surface area (TPSA) is 59.1 Å². The zero-order valence-corrected chi connectivity index (χ0v) is 19.8. The second kappa shape index (κ2) is 10.1. The third-order valence-corrected chi connectivity index (χ3v) is 5.97. The van der Waals surface area contributed by atoms with Crippen LogP contribution in [0.1, 0.15) is 27.8 Å². The normalized spacial score (nSPS) is 14.0. The molecule has 0 fully saturated rings. The number of nitrogens with zero attached hydrogens (tertiary/aromatic N) is 2. The number of hydrogen-bond acceptors (Lipinski definition) is 5. The number of rotatable bonds is 9. The highest BCUT2D eigenvalue weighted by molar-refractivity contribution is 6.45. The summed E-state index contributed by atoms with van der Waals surface area (Å²) in [7, 11) is 3.25. The lowest BCUT2D eigenvalue weighted by atomic mass is 9.97. The summed E-state index contributed by atoms with van der Waals surface area (Å²) in [6.45, 7) is 9.71. The molecule has 1 heterocycles. The second-order valence-electron chi connectivity index (χ2n) is 8.18. The van der Waals surface area contributed by atoms with Gasteiger partial charge < -0.3 is 14.4 Å². The highest BCUT2D eigenvalue weighted by Crippen LogP contribution is 2.37. The van der Waals surface area contributed by atoms with E-state index in [4.69, 9.17) is 9.47 Å². The molecule has 0 saturated heterocycles. The molecule has 3 rings (SSSR count). The van der Waals surface area contributed by atoms with Crippen molar-refractivity contribution in [1.82, 2.24) is 4.90 Å². The minimum Gasteiger partial charge on any atom is -0.383 e. The van der Waals surface area contributed by atoms with Gasteiger partial charge in [-0.15, -0.1) is 0 Å². The van der Waals surface area contributed by atoms with E-state index >= 15 is 0 Å². The number of amides is 2. The predicted molar refractivity (Wildman–Crippen MR) is 127 cm³/mol. The van der Waals surface area contributed by atoms with Gasteiger partial charge in [0.05, 0.1) is 24.5 Å². The van der Waals surface area contributed by atoms with Crippen LogP contribution in [0.2, 0.25) is 0 Å². The maximum atomic E-state index is 13.8. The van der Waals surface area contributed by atoms with Crippen LogP contribution in [0, 0.1) is 27.7 Å². The molecule has 0 aliphatic carbocycles. The van der Waals surface area contributed by atoms with E-state index in [0.29, 0.717) is 43.3 Å². The molecule has 2 amide bonds. The van der Waals surface area contributed by atoms with E-state index in [-0.39, 0.29) is 11.8 Å². The van der Waals surface area contributed by atoms with Gasteiger partial charge in [0.25, 0.3) is 11.8 Å². The van der Waals surface area contributed by atoms with Gasteiger partial charge in [-0.2, -0.15) is 0 Å². The van der Waals surface area contributed by atoms with E-state index in [0.717, 1.165) is 27.8 Å². The standard InChI is InChI=1S/C26H32N2O4/c1-17-10-11-21(19(3)16-17)23-24(27(12-14-31-5)13-15-32-6)26(30)28(25(23)29)22-9-7-8-18(2)20(22)4/h7-11,16H,12-15H2,1-6H3. The number of hydrogen-bond donors (Lipinski definition) is 0. The van der Waals surface area contributed by atoms with E-state index in [9.17, 15) is 9.59 Å². The molecule has 0 unspecified atom stereocenters. The fourth-order valence-electron chi connectivity index (χ4n) is 4.08. The largest absolute Gasteiger partial charge is 0.383 e. The monoisotopic (exact) mass is 436 g/mol.